The lowest BCUT2D eigenvalue weighted by Crippen LogP contribution is -1.99. The van der Waals surface area contributed by atoms with Crippen molar-refractivity contribution in [2.24, 2.45) is 5.90 Å². The largest absolute Gasteiger partial charge is 0.337 e. The second-order valence-corrected chi connectivity index (χ2v) is 4.17. The molecule has 2 aromatic rings. The molecule has 0 radical (unpaired) electrons. The molecule has 1 heterocycles. The molecule has 0 spiro atoms. The highest BCUT2D eigenvalue weighted by molar-refractivity contribution is 6.35. The first-order valence-corrected chi connectivity index (χ1v) is 5.51. The highest BCUT2D eigenvalue weighted by Crippen LogP contribution is 2.22. The van der Waals surface area contributed by atoms with E-state index >= 15 is 0 Å². The summed E-state index contributed by atoms with van der Waals surface area (Å²) < 4.78 is 4.91. The minimum Gasteiger partial charge on any atom is -0.337 e. The minimum absolute atomic E-state index is 0.0847. The van der Waals surface area contributed by atoms with Crippen molar-refractivity contribution in [2.75, 3.05) is 0 Å². The third-order valence-electron chi connectivity index (χ3n) is 2.08. The minimum atomic E-state index is 0.0847. The maximum Gasteiger partial charge on any atom is 0.254 e. The zero-order valence-electron chi connectivity index (χ0n) is 8.69. The van der Waals surface area contributed by atoms with E-state index in [1.807, 2.05) is 6.07 Å². The number of benzene rings is 1. The molecule has 0 aliphatic rings. The molecule has 0 saturated carbocycles. The molecule has 0 fully saturated rings. The lowest BCUT2D eigenvalue weighted by molar-refractivity contribution is 0.0995. The number of rotatable bonds is 4. The quantitative estimate of drug-likeness (QED) is 0.866. The van der Waals surface area contributed by atoms with Gasteiger partial charge in [0.2, 0.25) is 0 Å². The third-order valence-corrected chi connectivity index (χ3v) is 2.67. The van der Waals surface area contributed by atoms with Gasteiger partial charge in [-0.15, -0.1) is 0 Å². The molecule has 0 aliphatic heterocycles. The van der Waals surface area contributed by atoms with Crippen LogP contribution in [0.4, 0.5) is 0 Å². The van der Waals surface area contributed by atoms with E-state index in [0.29, 0.717) is 28.2 Å². The standard InChI is InChI=1S/C10H9Cl2N3O2/c11-7-2-1-6(8(12)4-7)3-9-14-10(5-16-13)17-15-9/h1-2,4H,3,5,13H2. The number of halogens is 2. The van der Waals surface area contributed by atoms with Crippen LogP contribution in [0.15, 0.2) is 22.7 Å². The molecular weight excluding hydrogens is 265 g/mol. The van der Waals surface area contributed by atoms with Gasteiger partial charge in [-0.05, 0) is 17.7 Å². The summed E-state index contributed by atoms with van der Waals surface area (Å²) in [7, 11) is 0. The van der Waals surface area contributed by atoms with Gasteiger partial charge in [-0.3, -0.25) is 4.84 Å². The van der Waals surface area contributed by atoms with Crippen molar-refractivity contribution in [3.05, 3.63) is 45.5 Å². The predicted molar refractivity (Wildman–Crippen MR) is 62.5 cm³/mol. The highest BCUT2D eigenvalue weighted by Gasteiger charge is 2.09. The van der Waals surface area contributed by atoms with Crippen molar-refractivity contribution in [3.8, 4) is 0 Å². The van der Waals surface area contributed by atoms with Crippen LogP contribution >= 0.6 is 23.2 Å². The molecule has 90 valence electrons. The van der Waals surface area contributed by atoms with E-state index in [1.54, 1.807) is 12.1 Å². The molecule has 2 N–H and O–H groups in total. The monoisotopic (exact) mass is 273 g/mol. The van der Waals surface area contributed by atoms with Gasteiger partial charge in [0, 0.05) is 16.5 Å². The Balaban J connectivity index is 2.13. The van der Waals surface area contributed by atoms with Crippen LogP contribution in [-0.2, 0) is 17.9 Å². The number of aromatic nitrogens is 2. The first-order valence-electron chi connectivity index (χ1n) is 4.76. The van der Waals surface area contributed by atoms with Crippen molar-refractivity contribution in [2.45, 2.75) is 13.0 Å². The van der Waals surface area contributed by atoms with Gasteiger partial charge in [0.1, 0.15) is 6.61 Å². The van der Waals surface area contributed by atoms with Crippen molar-refractivity contribution in [3.63, 3.8) is 0 Å². The zero-order chi connectivity index (χ0) is 12.3. The van der Waals surface area contributed by atoms with E-state index in [2.05, 4.69) is 15.0 Å². The van der Waals surface area contributed by atoms with Crippen LogP contribution in [-0.4, -0.2) is 10.1 Å². The first-order chi connectivity index (χ1) is 8.19. The number of hydrogen-bond donors (Lipinski definition) is 1. The number of nitrogens with two attached hydrogens (primary N) is 1. The Hall–Kier alpha value is -1.14. The topological polar surface area (TPSA) is 74.2 Å². The van der Waals surface area contributed by atoms with Crippen molar-refractivity contribution in [1.82, 2.24) is 10.1 Å². The fourth-order valence-corrected chi connectivity index (χ4v) is 1.80. The van der Waals surface area contributed by atoms with E-state index in [0.717, 1.165) is 5.56 Å². The third kappa shape index (κ3) is 3.17. The Labute approximate surface area is 107 Å². The van der Waals surface area contributed by atoms with E-state index in [4.69, 9.17) is 33.6 Å². The maximum absolute atomic E-state index is 6.03. The smallest absolute Gasteiger partial charge is 0.254 e. The predicted octanol–water partition coefficient (Wildman–Crippen LogP) is 2.36. The van der Waals surface area contributed by atoms with Crippen LogP contribution in [0.25, 0.3) is 0 Å². The molecule has 1 aromatic carbocycles. The van der Waals surface area contributed by atoms with Crippen molar-refractivity contribution >= 4 is 23.2 Å². The Kier molecular flexibility index (Phi) is 3.96. The summed E-state index contributed by atoms with van der Waals surface area (Å²) in [6, 6.07) is 5.25. The number of hydrogen-bond acceptors (Lipinski definition) is 5. The summed E-state index contributed by atoms with van der Waals surface area (Å²) >= 11 is 11.8. The molecule has 0 aliphatic carbocycles. The normalized spacial score (nSPS) is 10.8. The molecular formula is C10H9Cl2N3O2. The van der Waals surface area contributed by atoms with Gasteiger partial charge >= 0.3 is 0 Å². The van der Waals surface area contributed by atoms with Gasteiger partial charge in [-0.2, -0.15) is 4.98 Å². The average molecular weight is 274 g/mol. The molecule has 0 atom stereocenters. The maximum atomic E-state index is 6.03. The molecule has 1 aromatic heterocycles. The second-order valence-electron chi connectivity index (χ2n) is 3.33. The SMILES string of the molecule is NOCc1nc(Cc2ccc(Cl)cc2Cl)no1. The van der Waals surface area contributed by atoms with Crippen LogP contribution in [0.3, 0.4) is 0 Å². The molecule has 2 rings (SSSR count). The number of nitrogens with zero attached hydrogens (tertiary/aromatic N) is 2. The van der Waals surface area contributed by atoms with Crippen LogP contribution in [0.2, 0.25) is 10.0 Å². The Morgan fingerprint density at radius 1 is 1.35 bits per heavy atom. The zero-order valence-corrected chi connectivity index (χ0v) is 10.2. The summed E-state index contributed by atoms with van der Waals surface area (Å²) in [6.45, 7) is 0.0847. The summed E-state index contributed by atoms with van der Waals surface area (Å²) in [5, 5.41) is 4.94. The summed E-state index contributed by atoms with van der Waals surface area (Å²) in [5.74, 6) is 5.74. The van der Waals surface area contributed by atoms with Gasteiger partial charge in [-0.25, -0.2) is 5.90 Å². The van der Waals surface area contributed by atoms with Crippen LogP contribution in [0.5, 0.6) is 0 Å². The van der Waals surface area contributed by atoms with Gasteiger partial charge in [0.05, 0.1) is 0 Å². The van der Waals surface area contributed by atoms with Crippen molar-refractivity contribution < 1.29 is 9.36 Å². The lowest BCUT2D eigenvalue weighted by Gasteiger charge is -2.00. The molecule has 0 saturated heterocycles. The Morgan fingerprint density at radius 3 is 2.88 bits per heavy atom. The lowest BCUT2D eigenvalue weighted by atomic mass is 10.1. The first kappa shape index (κ1) is 12.3. The highest BCUT2D eigenvalue weighted by atomic mass is 35.5. The summed E-state index contributed by atoms with van der Waals surface area (Å²) in [6.07, 6.45) is 0.462. The fraction of sp³-hybridized carbons (Fsp3) is 0.200. The van der Waals surface area contributed by atoms with Crippen LogP contribution in [0, 0.1) is 0 Å². The van der Waals surface area contributed by atoms with Gasteiger partial charge in [-0.1, -0.05) is 34.4 Å². The molecule has 17 heavy (non-hydrogen) atoms. The van der Waals surface area contributed by atoms with Gasteiger partial charge in [0.25, 0.3) is 5.89 Å². The Bertz CT molecular complexity index is 516. The van der Waals surface area contributed by atoms with E-state index in [9.17, 15) is 0 Å². The average Bonchev–Trinajstić information content (AvgIpc) is 2.71. The Morgan fingerprint density at radius 2 is 2.18 bits per heavy atom. The molecule has 0 bridgehead atoms. The molecule has 0 unspecified atom stereocenters. The summed E-state index contributed by atoms with van der Waals surface area (Å²) in [5.41, 5.74) is 0.872. The second kappa shape index (κ2) is 5.46. The van der Waals surface area contributed by atoms with E-state index in [-0.39, 0.29) is 6.61 Å². The van der Waals surface area contributed by atoms with E-state index in [1.165, 1.54) is 0 Å². The van der Waals surface area contributed by atoms with E-state index < -0.39 is 0 Å². The van der Waals surface area contributed by atoms with Gasteiger partial charge < -0.3 is 4.52 Å². The summed E-state index contributed by atoms with van der Waals surface area (Å²) in [4.78, 5) is 8.48. The fourth-order valence-electron chi connectivity index (χ4n) is 1.33. The molecule has 5 nitrogen and oxygen atoms in total. The molecule has 0 amide bonds. The van der Waals surface area contributed by atoms with Gasteiger partial charge in [0.15, 0.2) is 5.82 Å². The van der Waals surface area contributed by atoms with Crippen LogP contribution < -0.4 is 5.90 Å². The molecule has 7 heteroatoms. The van der Waals surface area contributed by atoms with Crippen LogP contribution in [0.1, 0.15) is 17.3 Å². The van der Waals surface area contributed by atoms with Crippen molar-refractivity contribution in [1.29, 1.82) is 0 Å².